The number of rotatable bonds is 2. The van der Waals surface area contributed by atoms with Gasteiger partial charge in [-0.05, 0) is 24.3 Å². The third-order valence-electron chi connectivity index (χ3n) is 2.32. The van der Waals surface area contributed by atoms with Crippen molar-refractivity contribution >= 4 is 11.6 Å². The molecule has 3 nitrogen and oxygen atoms in total. The Morgan fingerprint density at radius 2 is 1.65 bits per heavy atom. The number of para-hydroxylation sites is 1. The van der Waals surface area contributed by atoms with Crippen molar-refractivity contribution in [2.75, 3.05) is 5.32 Å². The third-order valence-corrected chi connectivity index (χ3v) is 2.32. The summed E-state index contributed by atoms with van der Waals surface area (Å²) in [6.07, 6.45) is 0. The predicted octanol–water partition coefficient (Wildman–Crippen LogP) is 2.81. The Kier molecular flexibility index (Phi) is 3.18. The second-order valence-corrected chi connectivity index (χ2v) is 3.48. The molecule has 0 aliphatic heterocycles. The van der Waals surface area contributed by atoms with E-state index in [0.717, 1.165) is 0 Å². The van der Waals surface area contributed by atoms with Gasteiger partial charge in [-0.2, -0.15) is 5.26 Å². The van der Waals surface area contributed by atoms with Gasteiger partial charge in [-0.1, -0.05) is 30.3 Å². The summed E-state index contributed by atoms with van der Waals surface area (Å²) in [7, 11) is 0. The number of benzene rings is 2. The molecule has 0 heterocycles. The summed E-state index contributed by atoms with van der Waals surface area (Å²) >= 11 is 0. The largest absolute Gasteiger partial charge is 0.322 e. The molecule has 0 saturated carbocycles. The predicted molar refractivity (Wildman–Crippen MR) is 65.6 cm³/mol. The first-order valence-electron chi connectivity index (χ1n) is 5.17. The second kappa shape index (κ2) is 4.95. The van der Waals surface area contributed by atoms with Gasteiger partial charge in [0.05, 0.1) is 17.2 Å². The van der Waals surface area contributed by atoms with Gasteiger partial charge >= 0.3 is 0 Å². The van der Waals surface area contributed by atoms with Crippen LogP contribution in [0.2, 0.25) is 0 Å². The molecule has 0 aromatic heterocycles. The van der Waals surface area contributed by atoms with Crippen molar-refractivity contribution in [3.8, 4) is 6.07 Å². The molecule has 17 heavy (non-hydrogen) atoms. The Morgan fingerprint density at radius 1 is 1.00 bits per heavy atom. The highest BCUT2D eigenvalue weighted by Gasteiger charge is 2.10. The zero-order valence-corrected chi connectivity index (χ0v) is 9.05. The molecule has 0 aliphatic rings. The van der Waals surface area contributed by atoms with E-state index in [9.17, 15) is 4.79 Å². The van der Waals surface area contributed by atoms with Gasteiger partial charge in [0.1, 0.15) is 0 Å². The third kappa shape index (κ3) is 2.50. The van der Waals surface area contributed by atoms with Gasteiger partial charge in [0.2, 0.25) is 0 Å². The molecule has 0 spiro atoms. The zero-order valence-electron chi connectivity index (χ0n) is 9.05. The van der Waals surface area contributed by atoms with Crippen LogP contribution in [0.25, 0.3) is 0 Å². The number of nitrogens with one attached hydrogen (secondary N) is 1. The Hall–Kier alpha value is -2.60. The standard InChI is InChI=1S/C14H10N2O/c15-10-11-6-4-5-9-13(11)14(17)16-12-7-2-1-3-8-12/h1-9H,(H,16,17). The molecule has 0 saturated heterocycles. The molecule has 82 valence electrons. The maximum Gasteiger partial charge on any atom is 0.257 e. The zero-order chi connectivity index (χ0) is 12.1. The van der Waals surface area contributed by atoms with Crippen LogP contribution in [0.4, 0.5) is 5.69 Å². The molecule has 0 bridgehead atoms. The van der Waals surface area contributed by atoms with E-state index in [-0.39, 0.29) is 5.91 Å². The number of nitriles is 1. The second-order valence-electron chi connectivity index (χ2n) is 3.48. The molecule has 0 radical (unpaired) electrons. The molecule has 2 aromatic carbocycles. The quantitative estimate of drug-likeness (QED) is 0.849. The lowest BCUT2D eigenvalue weighted by atomic mass is 10.1. The number of carbonyl (C=O) groups is 1. The van der Waals surface area contributed by atoms with Crippen LogP contribution in [0.3, 0.4) is 0 Å². The van der Waals surface area contributed by atoms with Gasteiger partial charge in [-0.15, -0.1) is 0 Å². The van der Waals surface area contributed by atoms with Crippen molar-refractivity contribution in [3.05, 3.63) is 65.7 Å². The summed E-state index contributed by atoms with van der Waals surface area (Å²) in [4.78, 5) is 11.9. The van der Waals surface area contributed by atoms with Crippen molar-refractivity contribution in [3.63, 3.8) is 0 Å². The molecule has 2 rings (SSSR count). The number of nitrogens with zero attached hydrogens (tertiary/aromatic N) is 1. The van der Waals surface area contributed by atoms with Gasteiger partial charge in [-0.3, -0.25) is 4.79 Å². The van der Waals surface area contributed by atoms with E-state index in [1.807, 2.05) is 24.3 Å². The highest BCUT2D eigenvalue weighted by Crippen LogP contribution is 2.11. The van der Waals surface area contributed by atoms with E-state index in [1.165, 1.54) is 0 Å². The van der Waals surface area contributed by atoms with E-state index >= 15 is 0 Å². The van der Waals surface area contributed by atoms with E-state index in [4.69, 9.17) is 5.26 Å². The lowest BCUT2D eigenvalue weighted by Crippen LogP contribution is -2.13. The average Bonchev–Trinajstić information content (AvgIpc) is 2.40. The fourth-order valence-electron chi connectivity index (χ4n) is 1.50. The fourth-order valence-corrected chi connectivity index (χ4v) is 1.50. The van der Waals surface area contributed by atoms with Crippen molar-refractivity contribution in [1.82, 2.24) is 0 Å². The van der Waals surface area contributed by atoms with Crippen molar-refractivity contribution in [2.24, 2.45) is 0 Å². The average molecular weight is 222 g/mol. The van der Waals surface area contributed by atoms with Crippen molar-refractivity contribution in [1.29, 1.82) is 5.26 Å². The molecule has 1 N–H and O–H groups in total. The number of carbonyl (C=O) groups excluding carboxylic acids is 1. The Morgan fingerprint density at radius 3 is 2.35 bits per heavy atom. The minimum Gasteiger partial charge on any atom is -0.322 e. The molecular formula is C14H10N2O. The van der Waals surface area contributed by atoms with Gasteiger partial charge in [-0.25, -0.2) is 0 Å². The van der Waals surface area contributed by atoms with E-state index in [2.05, 4.69) is 5.32 Å². The van der Waals surface area contributed by atoms with Crippen LogP contribution in [0, 0.1) is 11.3 Å². The monoisotopic (exact) mass is 222 g/mol. The number of anilines is 1. The minimum atomic E-state index is -0.270. The van der Waals surface area contributed by atoms with Crippen LogP contribution in [0.1, 0.15) is 15.9 Å². The first-order valence-corrected chi connectivity index (χ1v) is 5.17. The van der Waals surface area contributed by atoms with Gasteiger partial charge in [0.25, 0.3) is 5.91 Å². The summed E-state index contributed by atoms with van der Waals surface area (Å²) in [5, 5.41) is 11.6. The lowest BCUT2D eigenvalue weighted by molar-refractivity contribution is 0.102. The van der Waals surface area contributed by atoms with Crippen LogP contribution in [0.5, 0.6) is 0 Å². The van der Waals surface area contributed by atoms with E-state index in [0.29, 0.717) is 16.8 Å². The van der Waals surface area contributed by atoms with Gasteiger partial charge in [0.15, 0.2) is 0 Å². The maximum absolute atomic E-state index is 11.9. The smallest absolute Gasteiger partial charge is 0.257 e. The SMILES string of the molecule is N#Cc1ccccc1C(=O)Nc1ccccc1. The number of hydrogen-bond acceptors (Lipinski definition) is 2. The van der Waals surface area contributed by atoms with Crippen molar-refractivity contribution in [2.45, 2.75) is 0 Å². The summed E-state index contributed by atoms with van der Waals surface area (Å²) in [5.41, 5.74) is 1.48. The highest BCUT2D eigenvalue weighted by molar-refractivity contribution is 6.05. The fraction of sp³-hybridized carbons (Fsp3) is 0. The molecule has 3 heteroatoms. The van der Waals surface area contributed by atoms with Crippen LogP contribution >= 0.6 is 0 Å². The molecule has 0 unspecified atom stereocenters. The van der Waals surface area contributed by atoms with Crippen LogP contribution in [-0.2, 0) is 0 Å². The molecule has 0 aliphatic carbocycles. The van der Waals surface area contributed by atoms with E-state index in [1.54, 1.807) is 36.4 Å². The van der Waals surface area contributed by atoms with E-state index < -0.39 is 0 Å². The molecule has 0 fully saturated rings. The highest BCUT2D eigenvalue weighted by atomic mass is 16.1. The summed E-state index contributed by atoms with van der Waals surface area (Å²) in [5.74, 6) is -0.270. The van der Waals surface area contributed by atoms with Gasteiger partial charge in [0, 0.05) is 5.69 Å². The Labute approximate surface area is 99.3 Å². The Bertz CT molecular complexity index is 570. The van der Waals surface area contributed by atoms with Crippen molar-refractivity contribution < 1.29 is 4.79 Å². The lowest BCUT2D eigenvalue weighted by Gasteiger charge is -2.05. The normalized spacial score (nSPS) is 9.35. The van der Waals surface area contributed by atoms with Crippen LogP contribution in [-0.4, -0.2) is 5.91 Å². The summed E-state index contributed by atoms with van der Waals surface area (Å²) in [6, 6.07) is 17.9. The molecule has 0 atom stereocenters. The Balaban J connectivity index is 2.24. The minimum absolute atomic E-state index is 0.270. The maximum atomic E-state index is 11.9. The molecular weight excluding hydrogens is 212 g/mol. The van der Waals surface area contributed by atoms with Crippen LogP contribution < -0.4 is 5.32 Å². The number of hydrogen-bond donors (Lipinski definition) is 1. The summed E-state index contributed by atoms with van der Waals surface area (Å²) < 4.78 is 0. The first kappa shape index (κ1) is 10.9. The molecule has 2 aromatic rings. The first-order chi connectivity index (χ1) is 8.31. The summed E-state index contributed by atoms with van der Waals surface area (Å²) in [6.45, 7) is 0. The number of amides is 1. The van der Waals surface area contributed by atoms with Crippen LogP contribution in [0.15, 0.2) is 54.6 Å². The topological polar surface area (TPSA) is 52.9 Å². The van der Waals surface area contributed by atoms with Gasteiger partial charge < -0.3 is 5.32 Å². The molecule has 1 amide bonds.